The van der Waals surface area contributed by atoms with E-state index in [2.05, 4.69) is 6.07 Å². The number of nitrogen functional groups attached to an aromatic ring is 1. The molecule has 0 bridgehead atoms. The van der Waals surface area contributed by atoms with Crippen molar-refractivity contribution in [1.82, 2.24) is 0 Å². The third-order valence-electron chi connectivity index (χ3n) is 3.28. The summed E-state index contributed by atoms with van der Waals surface area (Å²) in [5.41, 5.74) is 9.24. The zero-order valence-corrected chi connectivity index (χ0v) is 11.7. The fourth-order valence-corrected chi connectivity index (χ4v) is 2.04. The number of carboxylic acid groups (broad SMARTS) is 1. The van der Waals surface area contributed by atoms with Gasteiger partial charge in [-0.1, -0.05) is 12.1 Å². The Hall–Kier alpha value is -2.49. The van der Waals surface area contributed by atoms with Crippen LogP contribution in [0.3, 0.4) is 0 Å². The van der Waals surface area contributed by atoms with Crippen molar-refractivity contribution in [3.05, 3.63) is 52.6 Å². The summed E-state index contributed by atoms with van der Waals surface area (Å²) < 4.78 is 5.80. The Balaban J connectivity index is 2.46. The van der Waals surface area contributed by atoms with E-state index in [0.717, 1.165) is 16.7 Å². The smallest absolute Gasteiger partial charge is 0.337 e. The summed E-state index contributed by atoms with van der Waals surface area (Å²) in [5.74, 6) is -0.0140. The Morgan fingerprint density at radius 3 is 2.50 bits per heavy atom. The van der Waals surface area contributed by atoms with Gasteiger partial charge in [-0.25, -0.2) is 4.79 Å². The second-order valence-electron chi connectivity index (χ2n) is 4.83. The van der Waals surface area contributed by atoms with E-state index in [1.807, 2.05) is 26.8 Å². The summed E-state index contributed by atoms with van der Waals surface area (Å²) in [6.07, 6.45) is 0. The molecule has 3 N–H and O–H groups in total. The maximum absolute atomic E-state index is 11.1. The number of aromatic carboxylic acids is 1. The van der Waals surface area contributed by atoms with Crippen LogP contribution in [0.2, 0.25) is 0 Å². The van der Waals surface area contributed by atoms with E-state index in [1.165, 1.54) is 6.07 Å². The number of hydrogen-bond acceptors (Lipinski definition) is 3. The highest BCUT2D eigenvalue weighted by atomic mass is 16.5. The number of ether oxygens (including phenoxy) is 1. The molecule has 104 valence electrons. The van der Waals surface area contributed by atoms with Crippen LogP contribution in [0.4, 0.5) is 5.69 Å². The van der Waals surface area contributed by atoms with Gasteiger partial charge in [0.25, 0.3) is 0 Å². The third kappa shape index (κ3) is 2.59. The van der Waals surface area contributed by atoms with E-state index in [9.17, 15) is 4.79 Å². The number of aryl methyl sites for hydroxylation is 2. The van der Waals surface area contributed by atoms with Crippen LogP contribution in [0, 0.1) is 20.8 Å². The number of carbonyl (C=O) groups is 1. The van der Waals surface area contributed by atoms with Crippen LogP contribution in [0.1, 0.15) is 27.0 Å². The average Bonchev–Trinajstić information content (AvgIpc) is 2.37. The minimum absolute atomic E-state index is 0.0459. The van der Waals surface area contributed by atoms with Crippen LogP contribution in [-0.2, 0) is 0 Å². The zero-order valence-electron chi connectivity index (χ0n) is 11.7. The summed E-state index contributed by atoms with van der Waals surface area (Å²) >= 11 is 0. The standard InChI is InChI=1S/C16H17NO3/c1-9-7-10(2)11(3)14(8-9)20-13-6-4-5-12(15(13)17)16(18)19/h4-8H,17H2,1-3H3,(H,18,19). The molecule has 0 unspecified atom stereocenters. The van der Waals surface area contributed by atoms with E-state index < -0.39 is 5.97 Å². The molecule has 0 aliphatic rings. The second kappa shape index (κ2) is 5.25. The molecule has 4 heteroatoms. The lowest BCUT2D eigenvalue weighted by atomic mass is 10.1. The van der Waals surface area contributed by atoms with Crippen molar-refractivity contribution in [3.8, 4) is 11.5 Å². The predicted octanol–water partition coefficient (Wildman–Crippen LogP) is 3.68. The molecule has 2 aromatic rings. The number of para-hydroxylation sites is 1. The van der Waals surface area contributed by atoms with E-state index in [1.54, 1.807) is 12.1 Å². The summed E-state index contributed by atoms with van der Waals surface area (Å²) in [6, 6.07) is 8.72. The van der Waals surface area contributed by atoms with Crippen LogP contribution < -0.4 is 10.5 Å². The average molecular weight is 271 g/mol. The molecule has 0 heterocycles. The van der Waals surface area contributed by atoms with Crippen molar-refractivity contribution < 1.29 is 14.6 Å². The van der Waals surface area contributed by atoms with E-state index >= 15 is 0 Å². The molecular weight excluding hydrogens is 254 g/mol. The summed E-state index contributed by atoms with van der Waals surface area (Å²) in [7, 11) is 0. The van der Waals surface area contributed by atoms with Crippen molar-refractivity contribution in [2.75, 3.05) is 5.73 Å². The Kier molecular flexibility index (Phi) is 3.66. The molecule has 0 aliphatic carbocycles. The molecule has 2 aromatic carbocycles. The van der Waals surface area contributed by atoms with Crippen LogP contribution >= 0.6 is 0 Å². The molecule has 0 saturated carbocycles. The predicted molar refractivity (Wildman–Crippen MR) is 78.5 cm³/mol. The Bertz CT molecular complexity index is 678. The molecule has 0 saturated heterocycles. The van der Waals surface area contributed by atoms with Crippen LogP contribution in [0.25, 0.3) is 0 Å². The van der Waals surface area contributed by atoms with Crippen molar-refractivity contribution in [3.63, 3.8) is 0 Å². The largest absolute Gasteiger partial charge is 0.478 e. The van der Waals surface area contributed by atoms with Gasteiger partial charge in [-0.2, -0.15) is 0 Å². The number of anilines is 1. The fraction of sp³-hybridized carbons (Fsp3) is 0.188. The molecule has 0 radical (unpaired) electrons. The first-order valence-electron chi connectivity index (χ1n) is 6.27. The molecule has 20 heavy (non-hydrogen) atoms. The van der Waals surface area contributed by atoms with Gasteiger partial charge in [-0.3, -0.25) is 0 Å². The number of benzene rings is 2. The van der Waals surface area contributed by atoms with E-state index in [0.29, 0.717) is 11.5 Å². The number of nitrogens with two attached hydrogens (primary N) is 1. The lowest BCUT2D eigenvalue weighted by Crippen LogP contribution is -2.04. The maximum Gasteiger partial charge on any atom is 0.337 e. The lowest BCUT2D eigenvalue weighted by molar-refractivity contribution is 0.0697. The van der Waals surface area contributed by atoms with Crippen LogP contribution in [-0.4, -0.2) is 11.1 Å². The molecule has 2 rings (SSSR count). The first-order chi connectivity index (χ1) is 9.40. The van der Waals surface area contributed by atoms with Gasteiger partial charge in [0.2, 0.25) is 0 Å². The number of carboxylic acids is 1. The quantitative estimate of drug-likeness (QED) is 0.835. The summed E-state index contributed by atoms with van der Waals surface area (Å²) in [6.45, 7) is 5.95. The van der Waals surface area contributed by atoms with E-state index in [4.69, 9.17) is 15.6 Å². The first kappa shape index (κ1) is 13.9. The first-order valence-corrected chi connectivity index (χ1v) is 6.27. The van der Waals surface area contributed by atoms with Crippen molar-refractivity contribution in [2.45, 2.75) is 20.8 Å². The molecule has 0 aliphatic heterocycles. The minimum atomic E-state index is -1.06. The minimum Gasteiger partial charge on any atom is -0.478 e. The van der Waals surface area contributed by atoms with Crippen molar-refractivity contribution >= 4 is 11.7 Å². The second-order valence-corrected chi connectivity index (χ2v) is 4.83. The highest BCUT2D eigenvalue weighted by molar-refractivity contribution is 5.95. The van der Waals surface area contributed by atoms with Crippen LogP contribution in [0.15, 0.2) is 30.3 Å². The molecule has 4 nitrogen and oxygen atoms in total. The molecule has 0 amide bonds. The summed E-state index contributed by atoms with van der Waals surface area (Å²) in [5, 5.41) is 9.06. The van der Waals surface area contributed by atoms with Gasteiger partial charge in [-0.15, -0.1) is 0 Å². The van der Waals surface area contributed by atoms with Gasteiger partial charge >= 0.3 is 5.97 Å². The zero-order chi connectivity index (χ0) is 14.9. The lowest BCUT2D eigenvalue weighted by Gasteiger charge is -2.14. The maximum atomic E-state index is 11.1. The van der Waals surface area contributed by atoms with Crippen molar-refractivity contribution in [2.24, 2.45) is 0 Å². The van der Waals surface area contributed by atoms with Gasteiger partial charge < -0.3 is 15.6 Å². The molecule has 0 spiro atoms. The Morgan fingerprint density at radius 2 is 1.85 bits per heavy atom. The highest BCUT2D eigenvalue weighted by Crippen LogP contribution is 2.33. The van der Waals surface area contributed by atoms with Crippen molar-refractivity contribution in [1.29, 1.82) is 0 Å². The normalized spacial score (nSPS) is 10.3. The van der Waals surface area contributed by atoms with Gasteiger partial charge in [-0.05, 0) is 55.7 Å². The monoisotopic (exact) mass is 271 g/mol. The SMILES string of the molecule is Cc1cc(C)c(C)c(Oc2cccc(C(=O)O)c2N)c1. The number of rotatable bonds is 3. The van der Waals surface area contributed by atoms with Gasteiger partial charge in [0, 0.05) is 0 Å². The van der Waals surface area contributed by atoms with Gasteiger partial charge in [0.05, 0.1) is 11.3 Å². The molecular formula is C16H17NO3. The molecule has 0 atom stereocenters. The fourth-order valence-electron chi connectivity index (χ4n) is 2.04. The molecule has 0 fully saturated rings. The van der Waals surface area contributed by atoms with Gasteiger partial charge in [0.1, 0.15) is 5.75 Å². The topological polar surface area (TPSA) is 72.5 Å². The highest BCUT2D eigenvalue weighted by Gasteiger charge is 2.13. The third-order valence-corrected chi connectivity index (χ3v) is 3.28. The van der Waals surface area contributed by atoms with E-state index in [-0.39, 0.29) is 11.3 Å². The Morgan fingerprint density at radius 1 is 1.15 bits per heavy atom. The summed E-state index contributed by atoms with van der Waals surface area (Å²) in [4.78, 5) is 11.1. The Labute approximate surface area is 117 Å². The number of hydrogen-bond donors (Lipinski definition) is 2. The van der Waals surface area contributed by atoms with Gasteiger partial charge in [0.15, 0.2) is 5.75 Å². The molecule has 0 aromatic heterocycles. The van der Waals surface area contributed by atoms with Crippen LogP contribution in [0.5, 0.6) is 11.5 Å².